The van der Waals surface area contributed by atoms with E-state index in [2.05, 4.69) is 5.32 Å². The van der Waals surface area contributed by atoms with Gasteiger partial charge in [0.15, 0.2) is 0 Å². The van der Waals surface area contributed by atoms with Crippen molar-refractivity contribution in [2.24, 2.45) is 11.8 Å². The molecule has 2 aromatic rings. The number of hydrogen-bond donors (Lipinski definition) is 2. The van der Waals surface area contributed by atoms with Crippen molar-refractivity contribution in [2.45, 2.75) is 6.10 Å². The van der Waals surface area contributed by atoms with Crippen LogP contribution in [0.1, 0.15) is 20.7 Å². The van der Waals surface area contributed by atoms with Gasteiger partial charge in [0.2, 0.25) is 0 Å². The molecule has 0 bridgehead atoms. The minimum atomic E-state index is -0.0973. The van der Waals surface area contributed by atoms with Crippen LogP contribution in [0.15, 0.2) is 41.1 Å². The van der Waals surface area contributed by atoms with Gasteiger partial charge in [-0.2, -0.15) is 11.3 Å². The molecule has 1 aromatic heterocycles. The molecule has 2 fully saturated rings. The highest BCUT2D eigenvalue weighted by molar-refractivity contribution is 7.08. The first-order valence-electron chi connectivity index (χ1n) is 8.62. The van der Waals surface area contributed by atoms with Gasteiger partial charge in [0, 0.05) is 48.0 Å². The summed E-state index contributed by atoms with van der Waals surface area (Å²) in [4.78, 5) is 26.5. The molecule has 0 aliphatic carbocycles. The van der Waals surface area contributed by atoms with Gasteiger partial charge in [-0.1, -0.05) is 6.07 Å². The van der Waals surface area contributed by atoms with Crippen LogP contribution in [-0.4, -0.2) is 54.2 Å². The van der Waals surface area contributed by atoms with E-state index in [4.69, 9.17) is 4.74 Å². The van der Waals surface area contributed by atoms with Crippen LogP contribution >= 0.6 is 11.3 Å². The van der Waals surface area contributed by atoms with Crippen LogP contribution in [0.2, 0.25) is 0 Å². The Labute approximate surface area is 155 Å². The SMILES string of the molecule is O=C(NC[C@@H]1CO[C@@H]2CN(C(=O)c3cccc(O)c3)C[C@H]12)c1ccsc1. The molecule has 0 saturated carbocycles. The zero-order valence-corrected chi connectivity index (χ0v) is 14.9. The molecule has 2 amide bonds. The number of hydrogen-bond acceptors (Lipinski definition) is 5. The van der Waals surface area contributed by atoms with Crippen molar-refractivity contribution in [2.75, 3.05) is 26.2 Å². The smallest absolute Gasteiger partial charge is 0.254 e. The second-order valence-corrected chi connectivity index (χ2v) is 7.56. The highest BCUT2D eigenvalue weighted by atomic mass is 32.1. The molecule has 7 heteroatoms. The molecule has 1 aromatic carbocycles. The van der Waals surface area contributed by atoms with Gasteiger partial charge in [-0.05, 0) is 29.6 Å². The Morgan fingerprint density at radius 2 is 2.15 bits per heavy atom. The van der Waals surface area contributed by atoms with E-state index < -0.39 is 0 Å². The number of carbonyl (C=O) groups is 2. The van der Waals surface area contributed by atoms with Gasteiger partial charge in [-0.15, -0.1) is 0 Å². The van der Waals surface area contributed by atoms with Gasteiger partial charge in [-0.25, -0.2) is 0 Å². The number of thiophene rings is 1. The number of rotatable bonds is 4. The molecular weight excluding hydrogens is 352 g/mol. The molecule has 136 valence electrons. The standard InChI is InChI=1S/C19H20N2O4S/c22-15-3-1-2-12(6-15)19(24)21-8-16-14(10-25-17(16)9-21)7-20-18(23)13-4-5-26-11-13/h1-6,11,14,16-17,22H,7-10H2,(H,20,23)/t14-,16-,17-/m1/s1. The summed E-state index contributed by atoms with van der Waals surface area (Å²) in [6.07, 6.45) is 0.0132. The van der Waals surface area contributed by atoms with Gasteiger partial charge >= 0.3 is 0 Å². The highest BCUT2D eigenvalue weighted by Crippen LogP contribution is 2.34. The lowest BCUT2D eigenvalue weighted by atomic mass is 9.93. The summed E-state index contributed by atoms with van der Waals surface area (Å²) < 4.78 is 5.86. The molecule has 0 radical (unpaired) electrons. The summed E-state index contributed by atoms with van der Waals surface area (Å²) in [5.74, 6) is 0.337. The summed E-state index contributed by atoms with van der Waals surface area (Å²) in [7, 11) is 0. The van der Waals surface area contributed by atoms with Gasteiger partial charge in [0.05, 0.1) is 12.7 Å². The lowest BCUT2D eigenvalue weighted by molar-refractivity contribution is 0.0674. The molecular formula is C19H20N2O4S. The van der Waals surface area contributed by atoms with E-state index in [-0.39, 0.29) is 35.5 Å². The van der Waals surface area contributed by atoms with Crippen LogP contribution < -0.4 is 5.32 Å². The number of phenols is 1. The van der Waals surface area contributed by atoms with Gasteiger partial charge < -0.3 is 20.1 Å². The average Bonchev–Trinajstić information content (AvgIpc) is 3.36. The zero-order chi connectivity index (χ0) is 18.1. The number of amides is 2. The van der Waals surface area contributed by atoms with E-state index in [1.165, 1.54) is 17.4 Å². The van der Waals surface area contributed by atoms with Crippen molar-refractivity contribution < 1.29 is 19.4 Å². The number of benzene rings is 1. The van der Waals surface area contributed by atoms with Crippen LogP contribution in [0, 0.1) is 11.8 Å². The van der Waals surface area contributed by atoms with Crippen molar-refractivity contribution in [3.05, 3.63) is 52.2 Å². The van der Waals surface area contributed by atoms with E-state index >= 15 is 0 Å². The maximum absolute atomic E-state index is 12.6. The van der Waals surface area contributed by atoms with Crippen molar-refractivity contribution in [1.82, 2.24) is 10.2 Å². The number of fused-ring (bicyclic) bond motifs is 1. The van der Waals surface area contributed by atoms with Crippen molar-refractivity contribution in [3.8, 4) is 5.75 Å². The zero-order valence-electron chi connectivity index (χ0n) is 14.1. The van der Waals surface area contributed by atoms with E-state index in [0.717, 1.165) is 0 Å². The molecule has 26 heavy (non-hydrogen) atoms. The Hall–Kier alpha value is -2.38. The minimum absolute atomic E-state index is 0.0132. The fraction of sp³-hybridized carbons (Fsp3) is 0.368. The Morgan fingerprint density at radius 1 is 1.27 bits per heavy atom. The lowest BCUT2D eigenvalue weighted by Crippen LogP contribution is -2.35. The number of likely N-dealkylation sites (tertiary alicyclic amines) is 1. The topological polar surface area (TPSA) is 78.9 Å². The fourth-order valence-corrected chi connectivity index (χ4v) is 4.35. The number of carbonyl (C=O) groups excluding carboxylic acids is 2. The first-order chi connectivity index (χ1) is 12.6. The van der Waals surface area contributed by atoms with Crippen LogP contribution in [0.4, 0.5) is 0 Å². The van der Waals surface area contributed by atoms with Gasteiger partial charge in [0.1, 0.15) is 5.75 Å². The summed E-state index contributed by atoms with van der Waals surface area (Å²) in [6, 6.07) is 8.20. The van der Waals surface area contributed by atoms with Crippen LogP contribution in [0.25, 0.3) is 0 Å². The summed E-state index contributed by atoms with van der Waals surface area (Å²) in [5, 5.41) is 16.3. The van der Waals surface area contributed by atoms with Crippen LogP contribution in [-0.2, 0) is 4.74 Å². The first kappa shape index (κ1) is 17.1. The molecule has 6 nitrogen and oxygen atoms in total. The summed E-state index contributed by atoms with van der Waals surface area (Å²) >= 11 is 1.50. The second-order valence-electron chi connectivity index (χ2n) is 6.78. The predicted octanol–water partition coefficient (Wildman–Crippen LogP) is 1.97. The molecule has 3 atom stereocenters. The van der Waals surface area contributed by atoms with Crippen LogP contribution in [0.5, 0.6) is 5.75 Å². The van der Waals surface area contributed by atoms with Gasteiger partial charge in [0.25, 0.3) is 11.8 Å². The van der Waals surface area contributed by atoms with Crippen molar-refractivity contribution in [1.29, 1.82) is 0 Å². The minimum Gasteiger partial charge on any atom is -0.508 e. The Kier molecular flexibility index (Phi) is 4.65. The Bertz CT molecular complexity index is 808. The first-order valence-corrected chi connectivity index (χ1v) is 9.56. The molecule has 2 aliphatic heterocycles. The number of ether oxygens (including phenoxy) is 1. The lowest BCUT2D eigenvalue weighted by Gasteiger charge is -2.20. The third kappa shape index (κ3) is 3.32. The third-order valence-electron chi connectivity index (χ3n) is 5.13. The third-order valence-corrected chi connectivity index (χ3v) is 5.81. The van der Waals surface area contributed by atoms with Crippen molar-refractivity contribution >= 4 is 23.2 Å². The molecule has 2 N–H and O–H groups in total. The summed E-state index contributed by atoms with van der Waals surface area (Å²) in [6.45, 7) is 2.31. The van der Waals surface area contributed by atoms with E-state index in [0.29, 0.717) is 37.4 Å². The highest BCUT2D eigenvalue weighted by Gasteiger charge is 2.45. The number of nitrogens with zero attached hydrogens (tertiary/aromatic N) is 1. The molecule has 2 saturated heterocycles. The average molecular weight is 372 g/mol. The maximum atomic E-state index is 12.6. The molecule has 3 heterocycles. The largest absolute Gasteiger partial charge is 0.508 e. The molecule has 0 unspecified atom stereocenters. The molecule has 4 rings (SSSR count). The molecule has 0 spiro atoms. The van der Waals surface area contributed by atoms with E-state index in [1.54, 1.807) is 29.2 Å². The number of aromatic hydroxyl groups is 1. The predicted molar refractivity (Wildman–Crippen MR) is 97.4 cm³/mol. The second kappa shape index (κ2) is 7.09. The van der Waals surface area contributed by atoms with E-state index in [9.17, 15) is 14.7 Å². The summed E-state index contributed by atoms with van der Waals surface area (Å²) in [5.41, 5.74) is 1.16. The normalized spacial score (nSPS) is 24.5. The number of phenolic OH excluding ortho intramolecular Hbond substituents is 1. The number of nitrogens with one attached hydrogen (secondary N) is 1. The quantitative estimate of drug-likeness (QED) is 0.860. The maximum Gasteiger partial charge on any atom is 0.254 e. The monoisotopic (exact) mass is 372 g/mol. The molecule has 2 aliphatic rings. The van der Waals surface area contributed by atoms with Gasteiger partial charge in [-0.3, -0.25) is 9.59 Å². The fourth-order valence-electron chi connectivity index (χ4n) is 3.72. The van der Waals surface area contributed by atoms with Crippen LogP contribution in [0.3, 0.4) is 0 Å². The van der Waals surface area contributed by atoms with Crippen molar-refractivity contribution in [3.63, 3.8) is 0 Å². The van der Waals surface area contributed by atoms with E-state index in [1.807, 2.05) is 10.8 Å². The Balaban J connectivity index is 1.36. The Morgan fingerprint density at radius 3 is 2.92 bits per heavy atom.